The Labute approximate surface area is 448 Å². The highest BCUT2D eigenvalue weighted by molar-refractivity contribution is 7.47. The Bertz CT molecular complexity index is 1180. The number of phosphoric ester groups is 1. The summed E-state index contributed by atoms with van der Waals surface area (Å²) < 4.78 is 34.6. The first-order valence-corrected chi connectivity index (χ1v) is 33.3. The van der Waals surface area contributed by atoms with E-state index in [4.69, 9.17) is 18.5 Å². The monoisotopic (exact) mass is 1040 g/mol. The van der Waals surface area contributed by atoms with Crippen LogP contribution < -0.4 is 0 Å². The number of carbonyl (C=O) groups excluding carboxylic acids is 2. The molecule has 0 radical (unpaired) electrons. The lowest BCUT2D eigenvalue weighted by Crippen LogP contribution is -2.37. The number of phosphoric acid groups is 1. The van der Waals surface area contributed by atoms with Crippen LogP contribution in [0.15, 0.2) is 0 Å². The second-order valence-corrected chi connectivity index (χ2v) is 24.6. The first kappa shape index (κ1) is 71.0. The lowest BCUT2D eigenvalue weighted by atomic mass is 10.0. The number of esters is 2. The van der Waals surface area contributed by atoms with Gasteiger partial charge in [0.2, 0.25) is 0 Å². The highest BCUT2D eigenvalue weighted by Crippen LogP contribution is 2.43. The number of rotatable bonds is 60. The van der Waals surface area contributed by atoms with Gasteiger partial charge in [0, 0.05) is 12.8 Å². The van der Waals surface area contributed by atoms with Gasteiger partial charge in [-0.2, -0.15) is 0 Å². The molecule has 0 bridgehead atoms. The molecule has 2 unspecified atom stereocenters. The normalized spacial score (nSPS) is 13.1. The standard InChI is InChI=1S/C62H124NO8P/c1-6-8-10-12-14-16-18-20-22-23-24-25-26-27-28-29-30-31-32-33-34-35-36-37-38-39-41-43-45-47-49-51-53-55-62(65)71-60(59-70-72(66,67)69-57-56-63(3,4)5)58-68-61(64)54-52-50-48-46-44-42-40-21-19-17-15-13-11-9-7-2/h60H,6-59H2,1-5H3/p+1. The van der Waals surface area contributed by atoms with Crippen molar-refractivity contribution < 1.29 is 42.1 Å². The zero-order valence-corrected chi connectivity index (χ0v) is 49.9. The lowest BCUT2D eigenvalue weighted by Gasteiger charge is -2.24. The summed E-state index contributed by atoms with van der Waals surface area (Å²) in [6.45, 7) is 4.51. The minimum absolute atomic E-state index is 0.0374. The fourth-order valence-corrected chi connectivity index (χ4v) is 10.5. The molecule has 9 nitrogen and oxygen atoms in total. The van der Waals surface area contributed by atoms with Gasteiger partial charge in [0.15, 0.2) is 6.10 Å². The van der Waals surface area contributed by atoms with Crippen LogP contribution in [-0.2, 0) is 32.7 Å². The summed E-state index contributed by atoms with van der Waals surface area (Å²) in [5.41, 5.74) is 0. The molecule has 0 amide bonds. The van der Waals surface area contributed by atoms with E-state index in [0.29, 0.717) is 17.4 Å². The number of likely N-dealkylation sites (N-methyl/N-ethyl adjacent to an activating group) is 1. The molecule has 430 valence electrons. The highest BCUT2D eigenvalue weighted by Gasteiger charge is 2.27. The van der Waals surface area contributed by atoms with Crippen LogP contribution in [0.5, 0.6) is 0 Å². The van der Waals surface area contributed by atoms with Gasteiger partial charge >= 0.3 is 19.8 Å². The van der Waals surface area contributed by atoms with Crippen LogP contribution in [0.1, 0.15) is 335 Å². The van der Waals surface area contributed by atoms with Crippen molar-refractivity contribution >= 4 is 19.8 Å². The summed E-state index contributed by atoms with van der Waals surface area (Å²) in [4.78, 5) is 35.7. The van der Waals surface area contributed by atoms with E-state index in [1.807, 2.05) is 21.1 Å². The molecule has 0 aromatic carbocycles. The van der Waals surface area contributed by atoms with Gasteiger partial charge in [0.1, 0.15) is 19.8 Å². The molecule has 0 rings (SSSR count). The minimum Gasteiger partial charge on any atom is -0.462 e. The zero-order valence-electron chi connectivity index (χ0n) is 49.0. The van der Waals surface area contributed by atoms with E-state index in [-0.39, 0.29) is 25.6 Å². The zero-order chi connectivity index (χ0) is 52.7. The molecule has 0 aliphatic carbocycles. The van der Waals surface area contributed by atoms with E-state index in [1.165, 1.54) is 270 Å². The maximum absolute atomic E-state index is 12.8. The summed E-state index contributed by atoms with van der Waals surface area (Å²) >= 11 is 0. The van der Waals surface area contributed by atoms with Crippen LogP contribution in [-0.4, -0.2) is 74.9 Å². The molecular formula is C62H125NO8P+. The molecule has 0 spiro atoms. The van der Waals surface area contributed by atoms with Crippen molar-refractivity contribution in [3.63, 3.8) is 0 Å². The Kier molecular flexibility index (Phi) is 54.0. The van der Waals surface area contributed by atoms with Crippen LogP contribution >= 0.6 is 7.82 Å². The SMILES string of the molecule is CCCCCCCCCCCCCCCCCCCCCCCCCCCCCCCCCCCC(=O)OC(COC(=O)CCCCCCCCCCCCCCCCC)COP(=O)(O)OCC[N+](C)(C)C. The Morgan fingerprint density at radius 3 is 0.889 bits per heavy atom. The highest BCUT2D eigenvalue weighted by atomic mass is 31.2. The van der Waals surface area contributed by atoms with E-state index in [9.17, 15) is 19.0 Å². The van der Waals surface area contributed by atoms with Crippen molar-refractivity contribution in [1.82, 2.24) is 0 Å². The summed E-state index contributed by atoms with van der Waals surface area (Å²) in [6.07, 6.45) is 63.5. The van der Waals surface area contributed by atoms with E-state index in [0.717, 1.165) is 38.5 Å². The molecule has 1 N–H and O–H groups in total. The van der Waals surface area contributed by atoms with Gasteiger partial charge in [-0.15, -0.1) is 0 Å². The van der Waals surface area contributed by atoms with E-state index in [2.05, 4.69) is 13.8 Å². The molecule has 0 aliphatic rings. The van der Waals surface area contributed by atoms with E-state index < -0.39 is 26.5 Å². The maximum atomic E-state index is 12.8. The summed E-state index contributed by atoms with van der Waals surface area (Å²) in [7, 11) is 1.50. The quantitative estimate of drug-likeness (QED) is 0.0278. The number of nitrogens with zero attached hydrogens (tertiary/aromatic N) is 1. The maximum Gasteiger partial charge on any atom is 0.472 e. The second-order valence-electron chi connectivity index (χ2n) is 23.2. The first-order chi connectivity index (χ1) is 35.0. The van der Waals surface area contributed by atoms with Gasteiger partial charge in [-0.25, -0.2) is 4.57 Å². The Morgan fingerprint density at radius 1 is 0.375 bits per heavy atom. The number of hydrogen-bond donors (Lipinski definition) is 1. The third kappa shape index (κ3) is 58.3. The van der Waals surface area contributed by atoms with E-state index in [1.54, 1.807) is 0 Å². The van der Waals surface area contributed by atoms with Crippen molar-refractivity contribution in [1.29, 1.82) is 0 Å². The predicted octanol–water partition coefficient (Wildman–Crippen LogP) is 19.8. The number of ether oxygens (including phenoxy) is 2. The van der Waals surface area contributed by atoms with Gasteiger partial charge in [-0.05, 0) is 12.8 Å². The molecule has 0 aromatic rings. The molecular weight excluding hydrogens is 918 g/mol. The lowest BCUT2D eigenvalue weighted by molar-refractivity contribution is -0.870. The van der Waals surface area contributed by atoms with Crippen LogP contribution in [0.2, 0.25) is 0 Å². The Morgan fingerprint density at radius 2 is 0.625 bits per heavy atom. The Hall–Kier alpha value is -0.990. The summed E-state index contributed by atoms with van der Waals surface area (Å²) in [6, 6.07) is 0. The molecule has 0 fully saturated rings. The fraction of sp³-hybridized carbons (Fsp3) is 0.968. The molecule has 10 heteroatoms. The topological polar surface area (TPSA) is 108 Å². The van der Waals surface area contributed by atoms with Crippen LogP contribution in [0.4, 0.5) is 0 Å². The fourth-order valence-electron chi connectivity index (χ4n) is 9.73. The first-order valence-electron chi connectivity index (χ1n) is 31.8. The Balaban J connectivity index is 3.93. The molecule has 0 heterocycles. The van der Waals surface area contributed by atoms with Crippen molar-refractivity contribution in [2.75, 3.05) is 47.5 Å². The molecule has 0 aromatic heterocycles. The summed E-state index contributed by atoms with van der Waals surface area (Å²) in [5.74, 6) is -0.773. The second kappa shape index (κ2) is 54.8. The average molecular weight is 1040 g/mol. The number of quaternary nitrogens is 1. The minimum atomic E-state index is -4.38. The number of unbranched alkanes of at least 4 members (excludes halogenated alkanes) is 46. The van der Waals surface area contributed by atoms with Gasteiger partial charge in [0.05, 0.1) is 27.7 Å². The number of hydrogen-bond acceptors (Lipinski definition) is 7. The van der Waals surface area contributed by atoms with Crippen LogP contribution in [0, 0.1) is 0 Å². The average Bonchev–Trinajstić information content (AvgIpc) is 3.34. The van der Waals surface area contributed by atoms with Crippen molar-refractivity contribution in [2.45, 2.75) is 341 Å². The molecule has 72 heavy (non-hydrogen) atoms. The largest absolute Gasteiger partial charge is 0.472 e. The van der Waals surface area contributed by atoms with Crippen molar-refractivity contribution in [3.8, 4) is 0 Å². The third-order valence-corrected chi connectivity index (χ3v) is 15.6. The predicted molar refractivity (Wildman–Crippen MR) is 308 cm³/mol. The van der Waals surface area contributed by atoms with Crippen LogP contribution in [0.25, 0.3) is 0 Å². The summed E-state index contributed by atoms with van der Waals surface area (Å²) in [5, 5.41) is 0. The third-order valence-electron chi connectivity index (χ3n) is 14.6. The van der Waals surface area contributed by atoms with Gasteiger partial charge in [-0.1, -0.05) is 309 Å². The van der Waals surface area contributed by atoms with E-state index >= 15 is 0 Å². The molecule has 0 aliphatic heterocycles. The van der Waals surface area contributed by atoms with Gasteiger partial charge in [-0.3, -0.25) is 18.6 Å². The van der Waals surface area contributed by atoms with Crippen LogP contribution in [0.3, 0.4) is 0 Å². The molecule has 0 saturated heterocycles. The number of carbonyl (C=O) groups is 2. The van der Waals surface area contributed by atoms with Gasteiger partial charge in [0.25, 0.3) is 0 Å². The van der Waals surface area contributed by atoms with Gasteiger partial charge < -0.3 is 18.9 Å². The van der Waals surface area contributed by atoms with Crippen molar-refractivity contribution in [2.24, 2.45) is 0 Å². The smallest absolute Gasteiger partial charge is 0.462 e. The van der Waals surface area contributed by atoms with Crippen molar-refractivity contribution in [3.05, 3.63) is 0 Å². The molecule has 0 saturated carbocycles. The molecule has 2 atom stereocenters.